The fourth-order valence-electron chi connectivity index (χ4n) is 3.54. The maximum Gasteiger partial charge on any atom is 0.261 e. The number of amides is 1. The molecule has 0 aliphatic heterocycles. The molecule has 1 aliphatic rings. The first-order chi connectivity index (χ1) is 13.3. The van der Waals surface area contributed by atoms with E-state index >= 15 is 0 Å². The Morgan fingerprint density at radius 3 is 2.25 bits per heavy atom. The molecule has 0 spiro atoms. The van der Waals surface area contributed by atoms with E-state index in [9.17, 15) is 13.2 Å². The zero-order chi connectivity index (χ0) is 20.4. The molecule has 0 atom stereocenters. The van der Waals surface area contributed by atoms with Gasteiger partial charge in [-0.1, -0.05) is 31.5 Å². The number of sulfonamides is 1. The van der Waals surface area contributed by atoms with Gasteiger partial charge in [-0.05, 0) is 74.1 Å². The molecule has 0 radical (unpaired) electrons. The number of rotatable bonds is 7. The number of aryl methyl sites for hydroxylation is 2. The molecule has 3 rings (SSSR count). The molecular formula is C22H28N2O3S. The SMILES string of the molecule is CCCNC(=O)C1(c2ccc(NS(=O)(=O)c3ccc(C)c(C)c3)cc2)CCC1. The average Bonchev–Trinajstić information content (AvgIpc) is 2.62. The van der Waals surface area contributed by atoms with Crippen molar-refractivity contribution in [1.29, 1.82) is 0 Å². The molecule has 1 amide bonds. The monoisotopic (exact) mass is 400 g/mol. The lowest BCUT2D eigenvalue weighted by molar-refractivity contribution is -0.129. The second-order valence-electron chi connectivity index (χ2n) is 7.62. The maximum atomic E-state index is 12.7. The van der Waals surface area contributed by atoms with Crippen molar-refractivity contribution in [2.24, 2.45) is 0 Å². The minimum absolute atomic E-state index is 0.0732. The molecule has 1 fully saturated rings. The molecule has 150 valence electrons. The number of benzene rings is 2. The van der Waals surface area contributed by atoms with Crippen LogP contribution in [0.5, 0.6) is 0 Å². The van der Waals surface area contributed by atoms with Crippen LogP contribution in [0.4, 0.5) is 5.69 Å². The Bertz CT molecular complexity index is 962. The van der Waals surface area contributed by atoms with Gasteiger partial charge >= 0.3 is 0 Å². The Hall–Kier alpha value is -2.34. The van der Waals surface area contributed by atoms with Crippen LogP contribution in [-0.4, -0.2) is 20.9 Å². The van der Waals surface area contributed by atoms with Crippen LogP contribution in [0.25, 0.3) is 0 Å². The standard InChI is InChI=1S/C22H28N2O3S/c1-4-14-23-21(25)22(12-5-13-22)18-7-9-19(10-8-18)24-28(26,27)20-11-6-16(2)17(3)15-20/h6-11,15,24H,4-5,12-14H2,1-3H3,(H,23,25). The van der Waals surface area contributed by atoms with Gasteiger partial charge in [-0.15, -0.1) is 0 Å². The van der Waals surface area contributed by atoms with Crippen molar-refractivity contribution in [2.75, 3.05) is 11.3 Å². The van der Waals surface area contributed by atoms with E-state index in [2.05, 4.69) is 10.0 Å². The Kier molecular flexibility index (Phi) is 5.79. The second kappa shape index (κ2) is 7.95. The van der Waals surface area contributed by atoms with Crippen LogP contribution in [0.3, 0.4) is 0 Å². The number of hydrogen-bond donors (Lipinski definition) is 2. The van der Waals surface area contributed by atoms with Gasteiger partial charge in [0.15, 0.2) is 0 Å². The molecule has 1 aliphatic carbocycles. The number of carbonyl (C=O) groups is 1. The quantitative estimate of drug-likeness (QED) is 0.736. The first-order valence-corrected chi connectivity index (χ1v) is 11.3. The average molecular weight is 401 g/mol. The van der Waals surface area contributed by atoms with Gasteiger partial charge < -0.3 is 5.32 Å². The molecule has 0 heterocycles. The third-order valence-corrected chi connectivity index (χ3v) is 7.03. The Morgan fingerprint density at radius 2 is 1.71 bits per heavy atom. The van der Waals surface area contributed by atoms with Crippen LogP contribution in [0.2, 0.25) is 0 Å². The molecule has 2 aromatic rings. The summed E-state index contributed by atoms with van der Waals surface area (Å²) in [4.78, 5) is 12.9. The van der Waals surface area contributed by atoms with E-state index in [0.717, 1.165) is 42.4 Å². The lowest BCUT2D eigenvalue weighted by atomic mass is 9.64. The molecule has 2 N–H and O–H groups in total. The number of nitrogens with one attached hydrogen (secondary N) is 2. The topological polar surface area (TPSA) is 75.3 Å². The molecule has 28 heavy (non-hydrogen) atoms. The van der Waals surface area contributed by atoms with Crippen LogP contribution < -0.4 is 10.0 Å². The highest BCUT2D eigenvalue weighted by atomic mass is 32.2. The number of anilines is 1. The lowest BCUT2D eigenvalue weighted by Gasteiger charge is -2.40. The van der Waals surface area contributed by atoms with Crippen molar-refractivity contribution in [3.8, 4) is 0 Å². The highest BCUT2D eigenvalue weighted by Crippen LogP contribution is 2.44. The van der Waals surface area contributed by atoms with Crippen molar-refractivity contribution in [2.45, 2.75) is 56.8 Å². The first-order valence-electron chi connectivity index (χ1n) is 9.77. The van der Waals surface area contributed by atoms with Gasteiger partial charge in [-0.3, -0.25) is 9.52 Å². The lowest BCUT2D eigenvalue weighted by Crippen LogP contribution is -2.49. The third-order valence-electron chi connectivity index (χ3n) is 5.66. The van der Waals surface area contributed by atoms with Crippen molar-refractivity contribution in [3.63, 3.8) is 0 Å². The second-order valence-corrected chi connectivity index (χ2v) is 9.30. The van der Waals surface area contributed by atoms with Crippen LogP contribution >= 0.6 is 0 Å². The summed E-state index contributed by atoms with van der Waals surface area (Å²) in [6.45, 7) is 6.55. The molecule has 0 unspecified atom stereocenters. The molecule has 0 saturated heterocycles. The smallest absolute Gasteiger partial charge is 0.261 e. The van der Waals surface area contributed by atoms with Gasteiger partial charge in [0.05, 0.1) is 10.3 Å². The Morgan fingerprint density at radius 1 is 1.04 bits per heavy atom. The van der Waals surface area contributed by atoms with Gasteiger partial charge in [-0.25, -0.2) is 8.42 Å². The molecule has 2 aromatic carbocycles. The van der Waals surface area contributed by atoms with Crippen LogP contribution in [0, 0.1) is 13.8 Å². The number of hydrogen-bond acceptors (Lipinski definition) is 3. The minimum Gasteiger partial charge on any atom is -0.355 e. The summed E-state index contributed by atoms with van der Waals surface area (Å²) in [5, 5.41) is 3.01. The Balaban J connectivity index is 1.78. The highest BCUT2D eigenvalue weighted by Gasteiger charge is 2.45. The third kappa shape index (κ3) is 3.92. The van der Waals surface area contributed by atoms with E-state index in [1.54, 1.807) is 24.3 Å². The first kappa shape index (κ1) is 20.4. The van der Waals surface area contributed by atoms with Crippen molar-refractivity contribution in [3.05, 3.63) is 59.2 Å². The molecule has 6 heteroatoms. The predicted molar refractivity (Wildman–Crippen MR) is 112 cm³/mol. The summed E-state index contributed by atoms with van der Waals surface area (Å²) in [7, 11) is -3.65. The van der Waals surface area contributed by atoms with Gasteiger partial charge in [0.2, 0.25) is 5.91 Å². The van der Waals surface area contributed by atoms with E-state index < -0.39 is 15.4 Å². The predicted octanol–water partition coefficient (Wildman–Crippen LogP) is 4.05. The fourth-order valence-corrected chi connectivity index (χ4v) is 4.68. The van der Waals surface area contributed by atoms with E-state index in [-0.39, 0.29) is 10.8 Å². The summed E-state index contributed by atoms with van der Waals surface area (Å²) >= 11 is 0. The van der Waals surface area contributed by atoms with Gasteiger partial charge in [-0.2, -0.15) is 0 Å². The zero-order valence-corrected chi connectivity index (χ0v) is 17.5. The summed E-state index contributed by atoms with van der Waals surface area (Å²) in [6.07, 6.45) is 3.59. The van der Waals surface area contributed by atoms with Crippen molar-refractivity contribution >= 4 is 21.6 Å². The van der Waals surface area contributed by atoms with E-state index in [0.29, 0.717) is 12.2 Å². The minimum atomic E-state index is -3.65. The normalized spacial score (nSPS) is 15.5. The molecule has 0 aromatic heterocycles. The molecule has 0 bridgehead atoms. The molecule has 1 saturated carbocycles. The zero-order valence-electron chi connectivity index (χ0n) is 16.7. The Labute approximate surface area is 167 Å². The van der Waals surface area contributed by atoms with E-state index in [4.69, 9.17) is 0 Å². The molecule has 5 nitrogen and oxygen atoms in total. The highest BCUT2D eigenvalue weighted by molar-refractivity contribution is 7.92. The largest absolute Gasteiger partial charge is 0.355 e. The van der Waals surface area contributed by atoms with Crippen molar-refractivity contribution < 1.29 is 13.2 Å². The van der Waals surface area contributed by atoms with Gasteiger partial charge in [0, 0.05) is 12.2 Å². The summed E-state index contributed by atoms with van der Waals surface area (Å²) in [5.41, 5.74) is 2.95. The summed E-state index contributed by atoms with van der Waals surface area (Å²) in [5.74, 6) is 0.0732. The molecular weight excluding hydrogens is 372 g/mol. The summed E-state index contributed by atoms with van der Waals surface area (Å²) in [6, 6.07) is 12.3. The van der Waals surface area contributed by atoms with Crippen molar-refractivity contribution in [1.82, 2.24) is 5.32 Å². The maximum absolute atomic E-state index is 12.7. The van der Waals surface area contributed by atoms with E-state index in [1.165, 1.54) is 0 Å². The summed E-state index contributed by atoms with van der Waals surface area (Å²) < 4.78 is 28.0. The van der Waals surface area contributed by atoms with Crippen LogP contribution in [-0.2, 0) is 20.2 Å². The van der Waals surface area contributed by atoms with Crippen LogP contribution in [0.15, 0.2) is 47.4 Å². The van der Waals surface area contributed by atoms with Gasteiger partial charge in [0.25, 0.3) is 10.0 Å². The van der Waals surface area contributed by atoms with Crippen LogP contribution in [0.1, 0.15) is 49.3 Å². The fraction of sp³-hybridized carbons (Fsp3) is 0.409. The number of carbonyl (C=O) groups excluding carboxylic acids is 1. The van der Waals surface area contributed by atoms with E-state index in [1.807, 2.05) is 39.0 Å². The van der Waals surface area contributed by atoms with Gasteiger partial charge in [0.1, 0.15) is 0 Å².